The van der Waals surface area contributed by atoms with Crippen molar-refractivity contribution in [2.75, 3.05) is 11.1 Å². The van der Waals surface area contributed by atoms with E-state index in [0.29, 0.717) is 5.69 Å². The third-order valence-electron chi connectivity index (χ3n) is 3.85. The molecule has 0 spiro atoms. The molecule has 0 saturated heterocycles. The van der Waals surface area contributed by atoms with Gasteiger partial charge in [0.2, 0.25) is 0 Å². The third-order valence-corrected chi connectivity index (χ3v) is 3.85. The number of nitrogen functional groups attached to an aromatic ring is 1. The summed E-state index contributed by atoms with van der Waals surface area (Å²) in [4.78, 5) is 34.6. The predicted molar refractivity (Wildman–Crippen MR) is 96.9 cm³/mol. The maximum Gasteiger partial charge on any atom is 0.341 e. The first kappa shape index (κ1) is 18.9. The van der Waals surface area contributed by atoms with Crippen LogP contribution in [0.25, 0.3) is 0 Å². The molecule has 8 heteroatoms. The minimum Gasteiger partial charge on any atom is -0.449 e. The van der Waals surface area contributed by atoms with Gasteiger partial charge in [0.05, 0.1) is 16.2 Å². The van der Waals surface area contributed by atoms with Crippen LogP contribution in [0.3, 0.4) is 0 Å². The van der Waals surface area contributed by atoms with Gasteiger partial charge in [0.15, 0.2) is 6.10 Å². The Kier molecular flexibility index (Phi) is 5.56. The van der Waals surface area contributed by atoms with E-state index in [0.717, 1.165) is 23.3 Å². The Hall–Kier alpha value is -3.42. The topological polar surface area (TPSA) is 125 Å². The molecule has 1 atom stereocenters. The van der Waals surface area contributed by atoms with Crippen LogP contribution in [-0.2, 0) is 9.53 Å². The van der Waals surface area contributed by atoms with Gasteiger partial charge >= 0.3 is 5.97 Å². The van der Waals surface area contributed by atoms with Crippen molar-refractivity contribution < 1.29 is 19.2 Å². The van der Waals surface area contributed by atoms with Gasteiger partial charge in [-0.15, -0.1) is 0 Å². The summed E-state index contributed by atoms with van der Waals surface area (Å²) in [5, 5.41) is 13.4. The molecular formula is C18H19N3O5. The molecule has 0 heterocycles. The molecule has 0 unspecified atom stereocenters. The summed E-state index contributed by atoms with van der Waals surface area (Å²) < 4.78 is 5.13. The van der Waals surface area contributed by atoms with E-state index in [1.165, 1.54) is 13.0 Å². The number of nitro benzene ring substituents is 1. The monoisotopic (exact) mass is 357 g/mol. The van der Waals surface area contributed by atoms with Gasteiger partial charge in [-0.05, 0) is 38.0 Å². The van der Waals surface area contributed by atoms with Crippen LogP contribution in [0.15, 0.2) is 36.4 Å². The first-order chi connectivity index (χ1) is 12.2. The van der Waals surface area contributed by atoms with Gasteiger partial charge in [-0.25, -0.2) is 4.79 Å². The van der Waals surface area contributed by atoms with Gasteiger partial charge in [0.1, 0.15) is 0 Å². The van der Waals surface area contributed by atoms with E-state index >= 15 is 0 Å². The number of anilines is 2. The van der Waals surface area contributed by atoms with Crippen LogP contribution in [0.1, 0.15) is 28.4 Å². The van der Waals surface area contributed by atoms with Crippen LogP contribution in [0, 0.1) is 24.0 Å². The Labute approximate surface area is 150 Å². The van der Waals surface area contributed by atoms with Gasteiger partial charge in [0, 0.05) is 17.8 Å². The lowest BCUT2D eigenvalue weighted by Crippen LogP contribution is -2.30. The van der Waals surface area contributed by atoms with Gasteiger partial charge in [-0.1, -0.05) is 18.2 Å². The van der Waals surface area contributed by atoms with Gasteiger partial charge < -0.3 is 15.8 Å². The van der Waals surface area contributed by atoms with Crippen molar-refractivity contribution in [3.63, 3.8) is 0 Å². The van der Waals surface area contributed by atoms with Crippen molar-refractivity contribution in [3.05, 3.63) is 63.2 Å². The molecule has 0 aliphatic carbocycles. The zero-order chi connectivity index (χ0) is 19.4. The normalized spacial score (nSPS) is 11.5. The number of amides is 1. The van der Waals surface area contributed by atoms with E-state index in [-0.39, 0.29) is 16.9 Å². The average Bonchev–Trinajstić information content (AvgIpc) is 2.57. The second-order valence-corrected chi connectivity index (χ2v) is 5.83. The van der Waals surface area contributed by atoms with Crippen molar-refractivity contribution in [1.29, 1.82) is 0 Å². The molecule has 0 aliphatic rings. The number of hydrogen-bond donors (Lipinski definition) is 2. The quantitative estimate of drug-likeness (QED) is 0.367. The lowest BCUT2D eigenvalue weighted by Gasteiger charge is -2.16. The maximum atomic E-state index is 12.3. The minimum absolute atomic E-state index is 0.0395. The molecule has 0 aromatic heterocycles. The first-order valence-electron chi connectivity index (χ1n) is 7.82. The van der Waals surface area contributed by atoms with Crippen LogP contribution in [0.5, 0.6) is 0 Å². The van der Waals surface area contributed by atoms with Crippen LogP contribution in [0.2, 0.25) is 0 Å². The second-order valence-electron chi connectivity index (χ2n) is 5.83. The molecule has 8 nitrogen and oxygen atoms in total. The number of carbonyl (C=O) groups excluding carboxylic acids is 2. The number of para-hydroxylation sites is 1. The van der Waals surface area contributed by atoms with E-state index in [1.807, 2.05) is 32.0 Å². The zero-order valence-electron chi connectivity index (χ0n) is 14.6. The highest BCUT2D eigenvalue weighted by atomic mass is 16.6. The molecule has 0 saturated carbocycles. The Balaban J connectivity index is 2.09. The SMILES string of the molecule is Cc1cccc(C)c1NC(=O)[C@@H](C)OC(=O)c1ccc([N+](=O)[O-])cc1N. The molecule has 3 N–H and O–H groups in total. The standard InChI is InChI=1S/C18H19N3O5/c1-10-5-4-6-11(2)16(10)20-17(22)12(3)26-18(23)14-8-7-13(21(24)25)9-15(14)19/h4-9,12H,19H2,1-3H3,(H,20,22)/t12-/m1/s1. The molecule has 0 fully saturated rings. The van der Waals surface area contributed by atoms with Crippen molar-refractivity contribution in [2.45, 2.75) is 26.9 Å². The fourth-order valence-electron chi connectivity index (χ4n) is 2.36. The number of nitrogens with one attached hydrogen (secondary N) is 1. The number of rotatable bonds is 5. The summed E-state index contributed by atoms with van der Waals surface area (Å²) in [5.74, 6) is -1.32. The smallest absolute Gasteiger partial charge is 0.341 e. The van der Waals surface area contributed by atoms with Crippen LogP contribution >= 0.6 is 0 Å². The minimum atomic E-state index is -1.07. The van der Waals surface area contributed by atoms with E-state index in [9.17, 15) is 19.7 Å². The molecule has 2 rings (SSSR count). The molecule has 2 aromatic rings. The summed E-state index contributed by atoms with van der Waals surface area (Å²) in [6.07, 6.45) is -1.07. The number of carbonyl (C=O) groups is 2. The number of benzene rings is 2. The molecule has 26 heavy (non-hydrogen) atoms. The molecule has 2 aromatic carbocycles. The summed E-state index contributed by atoms with van der Waals surface area (Å²) in [7, 11) is 0. The Bertz CT molecular complexity index is 859. The highest BCUT2D eigenvalue weighted by Gasteiger charge is 2.22. The summed E-state index contributed by atoms with van der Waals surface area (Å²) in [6.45, 7) is 5.15. The molecule has 0 radical (unpaired) electrons. The molecule has 136 valence electrons. The number of hydrogen-bond acceptors (Lipinski definition) is 6. The molecule has 0 aliphatic heterocycles. The fraction of sp³-hybridized carbons (Fsp3) is 0.222. The van der Waals surface area contributed by atoms with Crippen LogP contribution < -0.4 is 11.1 Å². The average molecular weight is 357 g/mol. The molecular weight excluding hydrogens is 338 g/mol. The summed E-state index contributed by atoms with van der Waals surface area (Å²) >= 11 is 0. The third kappa shape index (κ3) is 4.15. The van der Waals surface area contributed by atoms with Gasteiger partial charge in [-0.3, -0.25) is 14.9 Å². The number of esters is 1. The van der Waals surface area contributed by atoms with E-state index in [2.05, 4.69) is 5.32 Å². The van der Waals surface area contributed by atoms with E-state index in [1.54, 1.807) is 0 Å². The number of aryl methyl sites for hydroxylation is 2. The first-order valence-corrected chi connectivity index (χ1v) is 7.82. The van der Waals surface area contributed by atoms with Gasteiger partial charge in [-0.2, -0.15) is 0 Å². The number of nitro groups is 1. The van der Waals surface area contributed by atoms with Gasteiger partial charge in [0.25, 0.3) is 11.6 Å². The Morgan fingerprint density at radius 1 is 1.19 bits per heavy atom. The fourth-order valence-corrected chi connectivity index (χ4v) is 2.36. The second kappa shape index (κ2) is 7.64. The number of ether oxygens (including phenoxy) is 1. The summed E-state index contributed by atoms with van der Waals surface area (Å²) in [6, 6.07) is 9.01. The largest absolute Gasteiger partial charge is 0.449 e. The number of nitrogens with zero attached hydrogens (tertiary/aromatic N) is 1. The maximum absolute atomic E-state index is 12.3. The number of nitrogens with two attached hydrogens (primary N) is 1. The van der Waals surface area contributed by atoms with Crippen molar-refractivity contribution in [2.24, 2.45) is 0 Å². The highest BCUT2D eigenvalue weighted by Crippen LogP contribution is 2.22. The number of non-ortho nitro benzene ring substituents is 1. The Morgan fingerprint density at radius 3 is 2.35 bits per heavy atom. The predicted octanol–water partition coefficient (Wildman–Crippen LogP) is 2.98. The lowest BCUT2D eigenvalue weighted by atomic mass is 10.1. The zero-order valence-corrected chi connectivity index (χ0v) is 14.6. The van der Waals surface area contributed by atoms with Crippen molar-refractivity contribution in [1.82, 2.24) is 0 Å². The van der Waals surface area contributed by atoms with Crippen molar-refractivity contribution in [3.8, 4) is 0 Å². The lowest BCUT2D eigenvalue weighted by molar-refractivity contribution is -0.384. The molecule has 1 amide bonds. The van der Waals surface area contributed by atoms with Crippen LogP contribution in [-0.4, -0.2) is 22.9 Å². The summed E-state index contributed by atoms with van der Waals surface area (Å²) in [5.41, 5.74) is 7.74. The van der Waals surface area contributed by atoms with Crippen molar-refractivity contribution >= 4 is 28.9 Å². The van der Waals surface area contributed by atoms with E-state index < -0.39 is 22.9 Å². The molecule has 0 bridgehead atoms. The highest BCUT2D eigenvalue weighted by molar-refractivity contribution is 6.00. The Morgan fingerprint density at radius 2 is 1.81 bits per heavy atom. The van der Waals surface area contributed by atoms with Crippen LogP contribution in [0.4, 0.5) is 17.1 Å². The van der Waals surface area contributed by atoms with E-state index in [4.69, 9.17) is 10.5 Å².